The van der Waals surface area contributed by atoms with Gasteiger partial charge in [0.25, 0.3) is 5.91 Å². The van der Waals surface area contributed by atoms with Crippen LogP contribution < -0.4 is 26.4 Å². The normalized spacial score (nSPS) is 12.6. The third kappa shape index (κ3) is 6.34. The van der Waals surface area contributed by atoms with E-state index < -0.39 is 29.9 Å². The van der Waals surface area contributed by atoms with Gasteiger partial charge >= 0.3 is 6.09 Å². The summed E-state index contributed by atoms with van der Waals surface area (Å²) < 4.78 is 20.2. The Labute approximate surface area is 206 Å². The molecule has 2 atom stereocenters. The van der Waals surface area contributed by atoms with Gasteiger partial charge in [0.2, 0.25) is 5.88 Å². The van der Waals surface area contributed by atoms with E-state index in [4.69, 9.17) is 15.6 Å². The third-order valence-corrected chi connectivity index (χ3v) is 5.17. The highest BCUT2D eigenvalue weighted by Crippen LogP contribution is 2.28. The van der Waals surface area contributed by atoms with Crippen molar-refractivity contribution in [2.24, 2.45) is 11.7 Å². The van der Waals surface area contributed by atoms with Gasteiger partial charge in [0.15, 0.2) is 11.6 Å². The maximum Gasteiger partial charge on any atom is 0.404 e. The van der Waals surface area contributed by atoms with E-state index in [2.05, 4.69) is 36.1 Å². The van der Waals surface area contributed by atoms with E-state index in [1.807, 2.05) is 13.8 Å². The van der Waals surface area contributed by atoms with E-state index in [9.17, 15) is 14.0 Å². The molecular weight excluding hydrogens is 473 g/mol. The van der Waals surface area contributed by atoms with E-state index in [0.29, 0.717) is 17.8 Å². The lowest BCUT2D eigenvalue weighted by atomic mass is 9.98. The minimum absolute atomic E-state index is 0.0279. The van der Waals surface area contributed by atoms with Crippen LogP contribution in [0.3, 0.4) is 0 Å². The number of anilines is 3. The predicted octanol–water partition coefficient (Wildman–Crippen LogP) is 2.53. The molecule has 0 aliphatic carbocycles. The monoisotopic (exact) mass is 501 g/mol. The fraction of sp³-hybridized carbons (Fsp3) is 0.364. The molecule has 3 rings (SSSR count). The molecule has 0 saturated heterocycles. The van der Waals surface area contributed by atoms with Crippen LogP contribution in [-0.4, -0.2) is 61.3 Å². The number of rotatable bonds is 11. The number of aromatic nitrogens is 5. The van der Waals surface area contributed by atoms with Crippen LogP contribution in [-0.2, 0) is 0 Å². The van der Waals surface area contributed by atoms with Crippen molar-refractivity contribution in [2.75, 3.05) is 17.7 Å². The van der Waals surface area contributed by atoms with Crippen molar-refractivity contribution >= 4 is 29.3 Å². The van der Waals surface area contributed by atoms with Crippen LogP contribution >= 0.6 is 0 Å². The second-order valence-electron chi connectivity index (χ2n) is 8.39. The maximum absolute atomic E-state index is 15.0. The van der Waals surface area contributed by atoms with E-state index >= 15 is 0 Å². The lowest BCUT2D eigenvalue weighted by Crippen LogP contribution is -2.45. The third-order valence-electron chi connectivity index (χ3n) is 5.17. The predicted molar refractivity (Wildman–Crippen MR) is 129 cm³/mol. The molecule has 0 aromatic carbocycles. The molecule has 3 aromatic rings. The lowest BCUT2D eigenvalue weighted by molar-refractivity contribution is 0.1000. The van der Waals surface area contributed by atoms with Crippen molar-refractivity contribution in [3.8, 4) is 11.6 Å². The van der Waals surface area contributed by atoms with Crippen molar-refractivity contribution in [1.82, 2.24) is 30.3 Å². The number of carbonyl (C=O) groups is 2. The topological polar surface area (TPSA) is 182 Å². The number of primary amides is 1. The number of carbonyl (C=O) groups excluding carboxylic acids is 1. The molecular formula is C22H28FN9O4. The van der Waals surface area contributed by atoms with Gasteiger partial charge in [-0.2, -0.15) is 10.2 Å². The molecule has 36 heavy (non-hydrogen) atoms. The zero-order valence-electron chi connectivity index (χ0n) is 20.2. The van der Waals surface area contributed by atoms with Crippen LogP contribution in [0.5, 0.6) is 5.88 Å². The molecule has 0 saturated carbocycles. The minimum atomic E-state index is -1.20. The molecule has 0 unspecified atom stereocenters. The summed E-state index contributed by atoms with van der Waals surface area (Å²) in [5.41, 5.74) is 6.05. The molecule has 0 bridgehead atoms. The minimum Gasteiger partial charge on any atom is -0.479 e. The molecule has 0 fully saturated rings. The van der Waals surface area contributed by atoms with Gasteiger partial charge < -0.3 is 31.5 Å². The number of hydrogen-bond donors (Lipinski definition) is 5. The number of methoxy groups -OCH3 is 1. The number of nitrogens with one attached hydrogen (secondary N) is 3. The largest absolute Gasteiger partial charge is 0.479 e. The molecule has 13 nitrogen and oxygen atoms in total. The molecule has 2 amide bonds. The number of hydrogen-bond acceptors (Lipinski definition) is 9. The summed E-state index contributed by atoms with van der Waals surface area (Å²) in [6.07, 6.45) is 3.71. The van der Waals surface area contributed by atoms with Crippen LogP contribution in [0.25, 0.3) is 5.69 Å². The summed E-state index contributed by atoms with van der Waals surface area (Å²) >= 11 is 0. The standard InChI is InChI=1S/C22H28FN9O4/c1-11(2)7-16(12(3)28-22(34)35)30-20-15(23)9-14(18(24)33)19(31-20)29-13-8-17(21(36-4)25-10-13)32-26-5-6-27-32/h5-6,8-12,16,28H,7H2,1-4H3,(H2,24,33)(H,34,35)(H2,29,30,31)/t12-,16-/m0/s1. The van der Waals surface area contributed by atoms with Gasteiger partial charge in [-0.05, 0) is 31.4 Å². The lowest BCUT2D eigenvalue weighted by Gasteiger charge is -2.27. The summed E-state index contributed by atoms with van der Waals surface area (Å²) in [7, 11) is 1.45. The second kappa shape index (κ2) is 11.3. The Balaban J connectivity index is 1.98. The number of halogens is 1. The summed E-state index contributed by atoms with van der Waals surface area (Å²) in [6, 6.07) is 1.52. The van der Waals surface area contributed by atoms with Crippen molar-refractivity contribution in [3.05, 3.63) is 42.1 Å². The quantitative estimate of drug-likeness (QED) is 0.262. The fourth-order valence-corrected chi connectivity index (χ4v) is 3.53. The Morgan fingerprint density at radius 1 is 1.19 bits per heavy atom. The Bertz CT molecular complexity index is 1220. The number of ether oxygens (including phenoxy) is 1. The average Bonchev–Trinajstić information content (AvgIpc) is 3.34. The van der Waals surface area contributed by atoms with Crippen molar-refractivity contribution in [2.45, 2.75) is 39.3 Å². The Kier molecular flexibility index (Phi) is 8.19. The maximum atomic E-state index is 15.0. The van der Waals surface area contributed by atoms with Crippen LogP contribution in [0.15, 0.2) is 30.7 Å². The van der Waals surface area contributed by atoms with Crippen LogP contribution in [0.1, 0.15) is 37.6 Å². The molecule has 3 aromatic heterocycles. The molecule has 0 aliphatic rings. The number of nitrogens with zero attached hydrogens (tertiary/aromatic N) is 5. The van der Waals surface area contributed by atoms with Crippen LogP contribution in [0.2, 0.25) is 0 Å². The van der Waals surface area contributed by atoms with E-state index in [1.165, 1.54) is 30.5 Å². The summed E-state index contributed by atoms with van der Waals surface area (Å²) in [6.45, 7) is 5.58. The van der Waals surface area contributed by atoms with Gasteiger partial charge in [0.05, 0.1) is 37.0 Å². The highest BCUT2D eigenvalue weighted by molar-refractivity contribution is 5.98. The number of carboxylic acid groups (broad SMARTS) is 1. The smallest absolute Gasteiger partial charge is 0.404 e. The Hall–Kier alpha value is -4.49. The molecule has 0 radical (unpaired) electrons. The van der Waals surface area contributed by atoms with Gasteiger partial charge in [0, 0.05) is 12.1 Å². The first-order chi connectivity index (χ1) is 17.1. The Morgan fingerprint density at radius 2 is 1.89 bits per heavy atom. The molecule has 3 heterocycles. The second-order valence-corrected chi connectivity index (χ2v) is 8.39. The van der Waals surface area contributed by atoms with E-state index in [1.54, 1.807) is 13.0 Å². The van der Waals surface area contributed by atoms with Gasteiger partial charge in [-0.1, -0.05) is 13.8 Å². The van der Waals surface area contributed by atoms with Gasteiger partial charge in [-0.25, -0.2) is 19.2 Å². The van der Waals surface area contributed by atoms with Gasteiger partial charge in [-0.3, -0.25) is 4.79 Å². The zero-order chi connectivity index (χ0) is 26.4. The molecule has 192 valence electrons. The highest BCUT2D eigenvalue weighted by atomic mass is 19.1. The highest BCUT2D eigenvalue weighted by Gasteiger charge is 2.24. The average molecular weight is 502 g/mol. The van der Waals surface area contributed by atoms with Crippen molar-refractivity contribution in [1.29, 1.82) is 0 Å². The van der Waals surface area contributed by atoms with E-state index in [0.717, 1.165) is 6.07 Å². The first-order valence-electron chi connectivity index (χ1n) is 11.0. The molecule has 14 heteroatoms. The van der Waals surface area contributed by atoms with Crippen molar-refractivity contribution < 1.29 is 23.8 Å². The SMILES string of the molecule is COc1ncc(Nc2nc(N[C@@H](CC(C)C)[C@H](C)NC(=O)O)c(F)cc2C(N)=O)cc1-n1nccn1. The summed E-state index contributed by atoms with van der Waals surface area (Å²) in [5.74, 6) is -1.50. The number of amides is 2. The first-order valence-corrected chi connectivity index (χ1v) is 11.0. The van der Waals surface area contributed by atoms with Gasteiger partial charge in [0.1, 0.15) is 11.5 Å². The zero-order valence-corrected chi connectivity index (χ0v) is 20.2. The number of nitrogens with two attached hydrogens (primary N) is 1. The van der Waals surface area contributed by atoms with Crippen molar-refractivity contribution in [3.63, 3.8) is 0 Å². The fourth-order valence-electron chi connectivity index (χ4n) is 3.53. The van der Waals surface area contributed by atoms with E-state index in [-0.39, 0.29) is 29.0 Å². The molecule has 0 spiro atoms. The summed E-state index contributed by atoms with van der Waals surface area (Å²) in [5, 5.41) is 25.5. The first kappa shape index (κ1) is 26.1. The van der Waals surface area contributed by atoms with Crippen LogP contribution in [0, 0.1) is 11.7 Å². The number of pyridine rings is 2. The summed E-state index contributed by atoms with van der Waals surface area (Å²) in [4.78, 5) is 33.0. The van der Waals surface area contributed by atoms with Crippen LogP contribution in [0.4, 0.5) is 26.5 Å². The Morgan fingerprint density at radius 3 is 2.47 bits per heavy atom. The molecule has 6 N–H and O–H groups in total. The van der Waals surface area contributed by atoms with Gasteiger partial charge in [-0.15, -0.1) is 4.80 Å². The molecule has 0 aliphatic heterocycles.